The van der Waals surface area contributed by atoms with Crippen molar-refractivity contribution >= 4 is 28.7 Å². The Morgan fingerprint density at radius 1 is 0.662 bits per heavy atom. The average molecular weight is 904 g/mol. The summed E-state index contributed by atoms with van der Waals surface area (Å²) in [4.78, 5) is 9.73. The minimum Gasteiger partial charge on any atom is -0.336 e. The largest absolute Gasteiger partial charge is 0.336 e. The molecule has 68 heavy (non-hydrogen) atoms. The molecule has 1 saturated heterocycles. The summed E-state index contributed by atoms with van der Waals surface area (Å²) in [6.45, 7) is 0. The van der Waals surface area contributed by atoms with Gasteiger partial charge in [0.2, 0.25) is 0 Å². The van der Waals surface area contributed by atoms with Gasteiger partial charge < -0.3 is 4.90 Å². The van der Waals surface area contributed by atoms with Gasteiger partial charge in [0.05, 0.1) is 30.2 Å². The first-order valence-corrected chi connectivity index (χ1v) is 25.8. The summed E-state index contributed by atoms with van der Waals surface area (Å²) in [5.74, 6) is 1.19. The Kier molecular flexibility index (Phi) is 11.1. The van der Waals surface area contributed by atoms with Crippen LogP contribution >= 0.6 is 11.8 Å². The van der Waals surface area contributed by atoms with E-state index in [0.717, 1.165) is 44.2 Å². The molecule has 8 aliphatic rings. The van der Waals surface area contributed by atoms with Crippen LogP contribution in [0.25, 0.3) is 16.8 Å². The lowest BCUT2D eigenvalue weighted by atomic mass is 9.78. The van der Waals surface area contributed by atoms with E-state index in [1.807, 2.05) is 0 Å². The highest BCUT2D eigenvalue weighted by Crippen LogP contribution is 2.60. The number of para-hydroxylation sites is 2. The molecule has 6 heteroatoms. The number of rotatable bonds is 8. The fourth-order valence-corrected chi connectivity index (χ4v) is 14.0. The van der Waals surface area contributed by atoms with E-state index in [2.05, 4.69) is 233 Å². The zero-order chi connectivity index (χ0) is 45.0. The second-order valence-electron chi connectivity index (χ2n) is 19.5. The lowest BCUT2D eigenvalue weighted by Crippen LogP contribution is -2.65. The number of anilines is 2. The number of thioether (sulfide) groups is 1. The van der Waals surface area contributed by atoms with Gasteiger partial charge in [0.15, 0.2) is 0 Å². The Morgan fingerprint density at radius 3 is 2.34 bits per heavy atom. The van der Waals surface area contributed by atoms with Gasteiger partial charge in [-0.2, -0.15) is 0 Å². The molecule has 5 nitrogen and oxygen atoms in total. The fraction of sp³-hybridized carbons (Fsp3) is 0.242. The van der Waals surface area contributed by atoms with Crippen molar-refractivity contribution in [3.63, 3.8) is 0 Å². The van der Waals surface area contributed by atoms with Crippen molar-refractivity contribution in [1.82, 2.24) is 20.9 Å². The summed E-state index contributed by atoms with van der Waals surface area (Å²) in [6, 6.07) is 41.0. The van der Waals surface area contributed by atoms with Gasteiger partial charge in [-0.1, -0.05) is 170 Å². The van der Waals surface area contributed by atoms with Crippen molar-refractivity contribution < 1.29 is 0 Å². The smallest absolute Gasteiger partial charge is 0.0883 e. The third-order valence-electron chi connectivity index (χ3n) is 15.6. The molecule has 5 aromatic rings. The Labute approximate surface area is 405 Å². The van der Waals surface area contributed by atoms with E-state index >= 15 is 0 Å². The normalized spacial score (nSPS) is 28.8. The fourth-order valence-electron chi connectivity index (χ4n) is 12.3. The summed E-state index contributed by atoms with van der Waals surface area (Å²) in [7, 11) is 0. The van der Waals surface area contributed by atoms with E-state index < -0.39 is 0 Å². The maximum atomic E-state index is 5.72. The number of aromatic nitrogens is 1. The van der Waals surface area contributed by atoms with E-state index in [-0.39, 0.29) is 36.4 Å². The maximum absolute atomic E-state index is 5.72. The van der Waals surface area contributed by atoms with Crippen LogP contribution < -0.4 is 20.9 Å². The van der Waals surface area contributed by atoms with E-state index in [0.29, 0.717) is 17.1 Å². The van der Waals surface area contributed by atoms with E-state index in [4.69, 9.17) is 4.98 Å². The van der Waals surface area contributed by atoms with Gasteiger partial charge in [-0.15, -0.1) is 11.8 Å². The van der Waals surface area contributed by atoms with Crippen LogP contribution in [0, 0.1) is 5.92 Å². The molecule has 5 aliphatic carbocycles. The molecule has 4 aromatic carbocycles. The SMILES string of the molecule is C1=CCCC(C2NC(c3cc(C4=C(C5=CCCC=C5)C=CC(c5ccccc5)C4)cnc3-c3cccc4c3SC3C4C=CC4c5ccccc5N(c5ccccc5)C43)NC(C3C=CC=CC3)N2)=C1. The van der Waals surface area contributed by atoms with Gasteiger partial charge >= 0.3 is 0 Å². The van der Waals surface area contributed by atoms with Gasteiger partial charge in [-0.05, 0) is 107 Å². The second kappa shape index (κ2) is 18.0. The molecule has 1 aromatic heterocycles. The Hall–Kier alpha value is -6.28. The number of hydrogen-bond donors (Lipinski definition) is 3. The molecule has 0 saturated carbocycles. The Morgan fingerprint density at radius 2 is 1.50 bits per heavy atom. The van der Waals surface area contributed by atoms with Crippen LogP contribution in [0.3, 0.4) is 0 Å². The third kappa shape index (κ3) is 7.50. The lowest BCUT2D eigenvalue weighted by molar-refractivity contribution is 0.184. The zero-order valence-electron chi connectivity index (χ0n) is 38.3. The summed E-state index contributed by atoms with van der Waals surface area (Å²) in [5, 5.41) is 12.7. The number of pyridine rings is 1. The molecule has 0 bridgehead atoms. The lowest BCUT2D eigenvalue weighted by Gasteiger charge is -2.43. The quantitative estimate of drug-likeness (QED) is 0.135. The number of nitrogens with zero attached hydrogens (tertiary/aromatic N) is 2. The van der Waals surface area contributed by atoms with Crippen LogP contribution in [0.2, 0.25) is 0 Å². The molecule has 9 unspecified atom stereocenters. The Balaban J connectivity index is 0.953. The summed E-state index contributed by atoms with van der Waals surface area (Å²) in [6.07, 6.45) is 41.1. The molecule has 13 rings (SSSR count). The van der Waals surface area contributed by atoms with Gasteiger partial charge in [-0.25, -0.2) is 0 Å². The van der Waals surface area contributed by atoms with Crippen molar-refractivity contribution in [3.8, 4) is 11.3 Å². The van der Waals surface area contributed by atoms with Crippen molar-refractivity contribution in [2.75, 3.05) is 4.90 Å². The number of hydrogen-bond acceptors (Lipinski definition) is 6. The highest BCUT2D eigenvalue weighted by Gasteiger charge is 2.51. The molecular formula is C62H57N5S. The summed E-state index contributed by atoms with van der Waals surface area (Å²) < 4.78 is 0. The molecule has 3 aliphatic heterocycles. The number of nitrogens with one attached hydrogen (secondary N) is 3. The molecule has 0 amide bonds. The van der Waals surface area contributed by atoms with E-state index in [9.17, 15) is 0 Å². The van der Waals surface area contributed by atoms with Crippen LogP contribution in [-0.4, -0.2) is 28.6 Å². The van der Waals surface area contributed by atoms with Gasteiger partial charge in [-0.3, -0.25) is 20.9 Å². The number of fused-ring (bicyclic) bond motifs is 7. The third-order valence-corrected chi connectivity index (χ3v) is 17.2. The maximum Gasteiger partial charge on any atom is 0.0883 e. The standard InChI is InChI=1S/C62H57N5S/c1-6-19-40(20-7-1)44-33-34-47(41-21-8-2-9-22-41)53(37-44)45-38-54(62-65-60(42-23-10-3-11-24-42)64-61(66-62)43-25-12-4-13-26-43)56(63-39-45)52-31-18-30-50-51-36-35-49-48-29-16-17-32-55(48)67(46-27-14-5-15-28-46)57(49)59(51)68-58(50)52/h1,3-8,10-12,14-23,25,27-36,38-39,42,44,49,51,57,59-62,64-66H,2,9,13,24,26,37H2. The molecule has 0 radical (unpaired) electrons. The average Bonchev–Trinajstić information content (AvgIpc) is 3.98. The predicted octanol–water partition coefficient (Wildman–Crippen LogP) is 13.8. The van der Waals surface area contributed by atoms with Crippen LogP contribution in [0.15, 0.2) is 222 Å². The first kappa shape index (κ1) is 41.9. The van der Waals surface area contributed by atoms with Crippen molar-refractivity contribution in [3.05, 3.63) is 245 Å². The number of benzene rings is 4. The topological polar surface area (TPSA) is 52.2 Å². The van der Waals surface area contributed by atoms with Gasteiger partial charge in [0, 0.05) is 62.5 Å². The zero-order valence-corrected chi connectivity index (χ0v) is 39.1. The minimum absolute atomic E-state index is 0.00756. The molecule has 336 valence electrons. The van der Waals surface area contributed by atoms with Crippen molar-refractivity contribution in [1.29, 1.82) is 0 Å². The molecular weight excluding hydrogens is 847 g/mol. The highest BCUT2D eigenvalue weighted by atomic mass is 32.2. The van der Waals surface area contributed by atoms with Crippen LogP contribution in [-0.2, 0) is 0 Å². The molecule has 9 atom stereocenters. The number of allylic oxidation sites excluding steroid dienone is 15. The highest BCUT2D eigenvalue weighted by molar-refractivity contribution is 8.00. The molecule has 3 N–H and O–H groups in total. The molecule has 4 heterocycles. The van der Waals surface area contributed by atoms with Crippen molar-refractivity contribution in [2.45, 2.75) is 91.0 Å². The molecule has 0 spiro atoms. The van der Waals surface area contributed by atoms with Gasteiger partial charge in [0.1, 0.15) is 0 Å². The molecule has 1 fully saturated rings. The monoisotopic (exact) mass is 903 g/mol. The summed E-state index contributed by atoms with van der Waals surface area (Å²) in [5.41, 5.74) is 16.8. The summed E-state index contributed by atoms with van der Waals surface area (Å²) >= 11 is 2.09. The minimum atomic E-state index is -0.173. The van der Waals surface area contributed by atoms with Gasteiger partial charge in [0.25, 0.3) is 0 Å². The van der Waals surface area contributed by atoms with Crippen LogP contribution in [0.4, 0.5) is 11.4 Å². The van der Waals surface area contributed by atoms with Crippen molar-refractivity contribution in [2.24, 2.45) is 5.92 Å². The predicted molar refractivity (Wildman–Crippen MR) is 282 cm³/mol. The van der Waals surface area contributed by atoms with Crippen LogP contribution in [0.5, 0.6) is 0 Å². The first-order valence-electron chi connectivity index (χ1n) is 25.0. The van der Waals surface area contributed by atoms with Crippen LogP contribution in [0.1, 0.15) is 90.3 Å². The van der Waals surface area contributed by atoms with E-state index in [1.54, 1.807) is 0 Å². The Bertz CT molecular complexity index is 3040. The second-order valence-corrected chi connectivity index (χ2v) is 20.7. The van der Waals surface area contributed by atoms with E-state index in [1.165, 1.54) is 71.9 Å². The first-order chi connectivity index (χ1) is 33.7.